The van der Waals surface area contributed by atoms with E-state index in [0.717, 1.165) is 30.5 Å². The van der Waals surface area contributed by atoms with Gasteiger partial charge in [0.05, 0.1) is 5.25 Å². The fraction of sp³-hybridized carbons (Fsp3) is 0.429. The lowest BCUT2D eigenvalue weighted by atomic mass is 10.0. The van der Waals surface area contributed by atoms with Gasteiger partial charge in [0.2, 0.25) is 0 Å². The van der Waals surface area contributed by atoms with Gasteiger partial charge in [0.15, 0.2) is 11.6 Å². The molecule has 0 amide bonds. The quantitative estimate of drug-likeness (QED) is 0.775. The molecule has 3 atom stereocenters. The Morgan fingerprint density at radius 3 is 2.62 bits per heavy atom. The van der Waals surface area contributed by atoms with E-state index in [-0.39, 0.29) is 10.5 Å². The van der Waals surface area contributed by atoms with Crippen molar-refractivity contribution < 1.29 is 26.5 Å². The van der Waals surface area contributed by atoms with E-state index in [2.05, 4.69) is 4.74 Å². The lowest BCUT2D eigenvalue weighted by Gasteiger charge is -2.20. The Morgan fingerprint density at radius 2 is 2.00 bits per heavy atom. The van der Waals surface area contributed by atoms with Gasteiger partial charge in [-0.05, 0) is 42.5 Å². The number of alkyl halides is 3. The van der Waals surface area contributed by atoms with Crippen LogP contribution >= 0.6 is 0 Å². The van der Waals surface area contributed by atoms with Gasteiger partial charge in [-0.25, -0.2) is 4.39 Å². The van der Waals surface area contributed by atoms with Gasteiger partial charge in [0, 0.05) is 16.0 Å². The molecule has 1 saturated heterocycles. The number of rotatable bonds is 2. The molecule has 2 bridgehead atoms. The van der Waals surface area contributed by atoms with E-state index in [1.807, 2.05) is 6.08 Å². The van der Waals surface area contributed by atoms with Gasteiger partial charge in [-0.2, -0.15) is 0 Å². The van der Waals surface area contributed by atoms with Crippen LogP contribution in [0.2, 0.25) is 0 Å². The fourth-order valence-electron chi connectivity index (χ4n) is 2.82. The van der Waals surface area contributed by atoms with Gasteiger partial charge < -0.3 is 4.74 Å². The van der Waals surface area contributed by atoms with Crippen LogP contribution in [0.25, 0.3) is 5.57 Å². The molecule has 3 unspecified atom stereocenters. The zero-order valence-electron chi connectivity index (χ0n) is 10.8. The van der Waals surface area contributed by atoms with Crippen molar-refractivity contribution in [3.05, 3.63) is 35.7 Å². The Hall–Kier alpha value is -1.37. The maximum atomic E-state index is 13.7. The number of fused-ring (bicyclic) bond motifs is 2. The number of ether oxygens (including phenoxy) is 1. The van der Waals surface area contributed by atoms with Crippen molar-refractivity contribution in [1.29, 1.82) is 0 Å². The lowest BCUT2D eigenvalue weighted by molar-refractivity contribution is -0.275. The summed E-state index contributed by atoms with van der Waals surface area (Å²) in [5.74, 6) is -1.89. The predicted molar refractivity (Wildman–Crippen MR) is 70.6 cm³/mol. The molecule has 0 radical (unpaired) electrons. The van der Waals surface area contributed by atoms with Crippen LogP contribution in [0, 0.1) is 5.82 Å². The van der Waals surface area contributed by atoms with E-state index in [1.165, 1.54) is 6.07 Å². The molecule has 2 nitrogen and oxygen atoms in total. The minimum Gasteiger partial charge on any atom is -0.403 e. The van der Waals surface area contributed by atoms with Crippen LogP contribution < -0.4 is 4.74 Å². The molecule has 114 valence electrons. The van der Waals surface area contributed by atoms with Crippen LogP contribution in [0.1, 0.15) is 24.8 Å². The predicted octanol–water partition coefficient (Wildman–Crippen LogP) is 3.79. The first-order chi connectivity index (χ1) is 9.83. The molecular formula is C14H12F4O2S. The monoisotopic (exact) mass is 320 g/mol. The molecule has 2 aliphatic rings. The number of allylic oxidation sites excluding steroid dienone is 1. The molecule has 2 aliphatic heterocycles. The Balaban J connectivity index is 1.86. The van der Waals surface area contributed by atoms with Crippen molar-refractivity contribution in [3.8, 4) is 5.75 Å². The van der Waals surface area contributed by atoms with Crippen LogP contribution in [0.5, 0.6) is 5.75 Å². The van der Waals surface area contributed by atoms with Gasteiger partial charge >= 0.3 is 6.36 Å². The first-order valence-corrected chi connectivity index (χ1v) is 7.77. The van der Waals surface area contributed by atoms with Gasteiger partial charge in [-0.1, -0.05) is 12.1 Å². The highest BCUT2D eigenvalue weighted by Gasteiger charge is 2.36. The number of benzene rings is 1. The average molecular weight is 320 g/mol. The van der Waals surface area contributed by atoms with Crippen molar-refractivity contribution in [2.24, 2.45) is 0 Å². The van der Waals surface area contributed by atoms with E-state index in [0.29, 0.717) is 12.0 Å². The maximum absolute atomic E-state index is 13.7. The first-order valence-electron chi connectivity index (χ1n) is 6.49. The molecule has 0 saturated carbocycles. The van der Waals surface area contributed by atoms with E-state index >= 15 is 0 Å². The van der Waals surface area contributed by atoms with Gasteiger partial charge in [-0.15, -0.1) is 13.2 Å². The van der Waals surface area contributed by atoms with Crippen molar-refractivity contribution in [3.63, 3.8) is 0 Å². The molecule has 2 heterocycles. The summed E-state index contributed by atoms with van der Waals surface area (Å²) >= 11 is 0. The third-order valence-corrected chi connectivity index (χ3v) is 5.79. The zero-order chi connectivity index (χ0) is 15.2. The topological polar surface area (TPSA) is 26.3 Å². The summed E-state index contributed by atoms with van der Waals surface area (Å²) < 4.78 is 65.5. The second-order valence-electron chi connectivity index (χ2n) is 5.16. The molecule has 0 aliphatic carbocycles. The number of hydrogen-bond donors (Lipinski definition) is 0. The number of hydrogen-bond acceptors (Lipinski definition) is 2. The molecule has 7 heteroatoms. The van der Waals surface area contributed by atoms with Crippen molar-refractivity contribution in [2.75, 3.05) is 0 Å². The fourth-order valence-corrected chi connectivity index (χ4v) is 4.70. The summed E-state index contributed by atoms with van der Waals surface area (Å²) in [6.45, 7) is 0. The molecule has 0 aromatic heterocycles. The Kier molecular flexibility index (Phi) is 3.55. The normalized spacial score (nSPS) is 28.4. The van der Waals surface area contributed by atoms with E-state index < -0.39 is 28.7 Å². The molecule has 1 fully saturated rings. The molecule has 1 aromatic rings. The van der Waals surface area contributed by atoms with Crippen molar-refractivity contribution in [2.45, 2.75) is 36.1 Å². The first kappa shape index (κ1) is 14.6. The minimum atomic E-state index is -4.91. The summed E-state index contributed by atoms with van der Waals surface area (Å²) in [5.41, 5.74) is 1.37. The third-order valence-electron chi connectivity index (χ3n) is 3.76. The van der Waals surface area contributed by atoms with Crippen molar-refractivity contribution in [1.82, 2.24) is 0 Å². The maximum Gasteiger partial charge on any atom is 0.573 e. The Labute approximate surface area is 121 Å². The smallest absolute Gasteiger partial charge is 0.403 e. The molecule has 21 heavy (non-hydrogen) atoms. The summed E-state index contributed by atoms with van der Waals surface area (Å²) in [4.78, 5) is 0. The van der Waals surface area contributed by atoms with E-state index in [1.54, 1.807) is 0 Å². The average Bonchev–Trinajstić information content (AvgIpc) is 2.62. The molecule has 0 spiro atoms. The second kappa shape index (κ2) is 5.12. The largest absolute Gasteiger partial charge is 0.573 e. The summed E-state index contributed by atoms with van der Waals surface area (Å²) in [5, 5.41) is 0.0528. The molecule has 3 rings (SSSR count). The molecular weight excluding hydrogens is 308 g/mol. The second-order valence-corrected chi connectivity index (χ2v) is 7.08. The number of halogens is 4. The Bertz CT molecular complexity index is 624. The summed E-state index contributed by atoms with van der Waals surface area (Å²) in [7, 11) is -0.880. The van der Waals surface area contributed by atoms with Gasteiger partial charge in [0.1, 0.15) is 0 Å². The molecule has 1 aromatic carbocycles. The highest BCUT2D eigenvalue weighted by atomic mass is 32.2. The standard InChI is InChI=1S/C14H12F4O2S/c15-12-7-8(1-4-13(12)20-14(16,17)18)9-5-10-2-3-11(6-9)21(10)19/h1,4-5,7,10-11H,2-3,6H2. The highest BCUT2D eigenvalue weighted by Crippen LogP contribution is 2.39. The van der Waals surface area contributed by atoms with Gasteiger partial charge in [0.25, 0.3) is 0 Å². The summed E-state index contributed by atoms with van der Waals surface area (Å²) in [6.07, 6.45) is -0.767. The Morgan fingerprint density at radius 1 is 1.24 bits per heavy atom. The van der Waals surface area contributed by atoms with Crippen molar-refractivity contribution >= 4 is 16.4 Å². The van der Waals surface area contributed by atoms with Crippen LogP contribution in [0.15, 0.2) is 24.3 Å². The van der Waals surface area contributed by atoms with Crippen LogP contribution in [-0.4, -0.2) is 21.1 Å². The summed E-state index contributed by atoms with van der Waals surface area (Å²) in [6, 6.07) is 3.43. The zero-order valence-corrected chi connectivity index (χ0v) is 11.6. The lowest BCUT2D eigenvalue weighted by Crippen LogP contribution is -2.20. The van der Waals surface area contributed by atoms with E-state index in [9.17, 15) is 21.8 Å². The molecule has 0 N–H and O–H groups in total. The van der Waals surface area contributed by atoms with Gasteiger partial charge in [-0.3, -0.25) is 4.21 Å². The third kappa shape index (κ3) is 2.97. The van der Waals surface area contributed by atoms with Crippen LogP contribution in [0.4, 0.5) is 17.6 Å². The highest BCUT2D eigenvalue weighted by molar-refractivity contribution is 7.86. The van der Waals surface area contributed by atoms with Crippen LogP contribution in [0.3, 0.4) is 0 Å². The minimum absolute atomic E-state index is 0.0205. The SMILES string of the molecule is O=S1C2C=C(c3ccc(OC(F)(F)F)c(F)c3)CC1CC2. The van der Waals surface area contributed by atoms with E-state index in [4.69, 9.17) is 0 Å². The van der Waals surface area contributed by atoms with Crippen LogP contribution in [-0.2, 0) is 10.8 Å².